The minimum atomic E-state index is -0.695. The van der Waals surface area contributed by atoms with Crippen LogP contribution in [0, 0.1) is 11.3 Å². The molecule has 1 heterocycles. The van der Waals surface area contributed by atoms with Gasteiger partial charge in [0, 0.05) is 17.0 Å². The van der Waals surface area contributed by atoms with E-state index in [1.165, 1.54) is 6.07 Å². The Balaban J connectivity index is 2.97. The van der Waals surface area contributed by atoms with Crippen LogP contribution in [-0.4, -0.2) is 24.1 Å². The topological polar surface area (TPSA) is 164 Å². The van der Waals surface area contributed by atoms with Gasteiger partial charge in [-0.25, -0.2) is 9.78 Å². The second-order valence-corrected chi connectivity index (χ2v) is 3.33. The number of carbonyl (C=O) groups is 1. The summed E-state index contributed by atoms with van der Waals surface area (Å²) in [6, 6.07) is 3.04. The Morgan fingerprint density at radius 3 is 3.00 bits per heavy atom. The Morgan fingerprint density at radius 1 is 1.68 bits per heavy atom. The maximum Gasteiger partial charge on any atom is 0.338 e. The number of aromatic nitrogens is 1. The van der Waals surface area contributed by atoms with E-state index in [4.69, 9.17) is 27.0 Å². The van der Waals surface area contributed by atoms with Gasteiger partial charge < -0.3 is 16.2 Å². The molecule has 4 N–H and O–H groups in total. The number of hydrogen-bond acceptors (Lipinski definition) is 7. The van der Waals surface area contributed by atoms with Gasteiger partial charge >= 0.3 is 5.97 Å². The highest BCUT2D eigenvalue weighted by molar-refractivity contribution is 5.92. The summed E-state index contributed by atoms with van der Waals surface area (Å²) in [5.41, 5.74) is 19.6. The number of nitrogens with zero attached hydrogens (tertiary/aromatic N) is 5. The van der Waals surface area contributed by atoms with Gasteiger partial charge in [0.15, 0.2) is 0 Å². The monoisotopic (exact) mass is 261 g/mol. The van der Waals surface area contributed by atoms with Crippen LogP contribution >= 0.6 is 0 Å². The van der Waals surface area contributed by atoms with Crippen molar-refractivity contribution >= 4 is 11.8 Å². The molecule has 1 aromatic heterocycles. The molecule has 0 atom stereocenters. The summed E-state index contributed by atoms with van der Waals surface area (Å²) in [5.74, 6) is -0.678. The third-order valence-corrected chi connectivity index (χ3v) is 2.18. The molecule has 0 saturated carbocycles. The Morgan fingerprint density at radius 2 is 2.42 bits per heavy atom. The SMILES string of the molecule is N#Cc1cc(C(=O)OCCN=[N+]=[N-])c(CN)c(N)n1. The second-order valence-electron chi connectivity index (χ2n) is 3.33. The Labute approximate surface area is 108 Å². The van der Waals surface area contributed by atoms with Crippen molar-refractivity contribution in [2.45, 2.75) is 6.54 Å². The lowest BCUT2D eigenvalue weighted by Crippen LogP contribution is -2.16. The van der Waals surface area contributed by atoms with Gasteiger partial charge in [0.1, 0.15) is 17.6 Å². The molecule has 0 aliphatic rings. The number of anilines is 1. The van der Waals surface area contributed by atoms with E-state index in [1.807, 2.05) is 0 Å². The Hall–Kier alpha value is -2.82. The smallest absolute Gasteiger partial charge is 0.338 e. The first kappa shape index (κ1) is 14.2. The van der Waals surface area contributed by atoms with Crippen LogP contribution in [0.1, 0.15) is 21.6 Å². The van der Waals surface area contributed by atoms with Crippen molar-refractivity contribution in [2.75, 3.05) is 18.9 Å². The predicted molar refractivity (Wildman–Crippen MR) is 65.6 cm³/mol. The molecule has 0 aliphatic heterocycles. The summed E-state index contributed by atoms with van der Waals surface area (Å²) >= 11 is 0. The molecule has 0 bridgehead atoms. The largest absolute Gasteiger partial charge is 0.462 e. The molecule has 0 spiro atoms. The molecule has 0 aliphatic carbocycles. The summed E-state index contributed by atoms with van der Waals surface area (Å²) in [6.07, 6.45) is 0. The van der Waals surface area contributed by atoms with Gasteiger partial charge in [0.05, 0.1) is 18.7 Å². The molecule has 0 aromatic carbocycles. The van der Waals surface area contributed by atoms with Gasteiger partial charge in [-0.05, 0) is 11.6 Å². The first-order valence-corrected chi connectivity index (χ1v) is 5.21. The maximum absolute atomic E-state index is 11.8. The normalized spacial score (nSPS) is 9.26. The summed E-state index contributed by atoms with van der Waals surface area (Å²) in [7, 11) is 0. The van der Waals surface area contributed by atoms with Crippen LogP contribution in [0.15, 0.2) is 11.2 Å². The Kier molecular flexibility index (Phi) is 5.10. The van der Waals surface area contributed by atoms with E-state index >= 15 is 0 Å². The van der Waals surface area contributed by atoms with Crippen molar-refractivity contribution in [1.29, 1.82) is 5.26 Å². The van der Waals surface area contributed by atoms with Gasteiger partial charge in [-0.1, -0.05) is 5.11 Å². The van der Waals surface area contributed by atoms with Gasteiger partial charge in [-0.3, -0.25) is 0 Å². The van der Waals surface area contributed by atoms with Crippen molar-refractivity contribution in [3.63, 3.8) is 0 Å². The minimum absolute atomic E-state index is 0.00306. The molecular formula is C10H11N7O2. The molecule has 0 saturated heterocycles. The summed E-state index contributed by atoms with van der Waals surface area (Å²) in [6.45, 7) is -0.0613. The van der Waals surface area contributed by atoms with E-state index in [-0.39, 0.29) is 36.8 Å². The molecule has 9 heteroatoms. The van der Waals surface area contributed by atoms with Crippen molar-refractivity contribution in [1.82, 2.24) is 4.98 Å². The quantitative estimate of drug-likeness (QED) is 0.257. The first-order chi connectivity index (χ1) is 9.13. The molecule has 1 aromatic rings. The van der Waals surface area contributed by atoms with Crippen LogP contribution in [0.4, 0.5) is 5.82 Å². The molecule has 0 amide bonds. The van der Waals surface area contributed by atoms with Crippen molar-refractivity contribution in [3.8, 4) is 6.07 Å². The number of pyridine rings is 1. The minimum Gasteiger partial charge on any atom is -0.462 e. The molecule has 19 heavy (non-hydrogen) atoms. The number of nitrogens with two attached hydrogens (primary N) is 2. The number of ether oxygens (including phenoxy) is 1. The second kappa shape index (κ2) is 6.80. The average molecular weight is 261 g/mol. The van der Waals surface area contributed by atoms with Crippen LogP contribution < -0.4 is 11.5 Å². The zero-order valence-corrected chi connectivity index (χ0v) is 9.91. The predicted octanol–water partition coefficient (Wildman–Crippen LogP) is 0.461. The highest BCUT2D eigenvalue weighted by Gasteiger charge is 2.17. The van der Waals surface area contributed by atoms with E-state index in [1.54, 1.807) is 6.07 Å². The summed E-state index contributed by atoms with van der Waals surface area (Å²) in [4.78, 5) is 18.1. The van der Waals surface area contributed by atoms with E-state index in [0.717, 1.165) is 0 Å². The fourth-order valence-corrected chi connectivity index (χ4v) is 1.35. The molecular weight excluding hydrogens is 250 g/mol. The highest BCUT2D eigenvalue weighted by atomic mass is 16.5. The molecule has 0 unspecified atom stereocenters. The maximum atomic E-state index is 11.8. The highest BCUT2D eigenvalue weighted by Crippen LogP contribution is 2.17. The molecule has 98 valence electrons. The third-order valence-electron chi connectivity index (χ3n) is 2.18. The van der Waals surface area contributed by atoms with Gasteiger partial charge in [0.25, 0.3) is 0 Å². The van der Waals surface area contributed by atoms with E-state index in [2.05, 4.69) is 15.0 Å². The van der Waals surface area contributed by atoms with E-state index < -0.39 is 5.97 Å². The van der Waals surface area contributed by atoms with Gasteiger partial charge in [0.2, 0.25) is 0 Å². The van der Waals surface area contributed by atoms with Gasteiger partial charge in [-0.2, -0.15) is 5.26 Å². The van der Waals surface area contributed by atoms with Gasteiger partial charge in [-0.15, -0.1) is 0 Å². The number of carbonyl (C=O) groups excluding carboxylic acids is 1. The number of hydrogen-bond donors (Lipinski definition) is 2. The number of esters is 1. The zero-order chi connectivity index (χ0) is 14.3. The van der Waals surface area contributed by atoms with E-state index in [9.17, 15) is 4.79 Å². The lowest BCUT2D eigenvalue weighted by molar-refractivity contribution is 0.0515. The Bertz CT molecular complexity index is 572. The third kappa shape index (κ3) is 3.57. The molecule has 0 fully saturated rings. The van der Waals surface area contributed by atoms with Crippen LogP contribution in [-0.2, 0) is 11.3 Å². The first-order valence-electron chi connectivity index (χ1n) is 5.21. The van der Waals surface area contributed by atoms with E-state index in [0.29, 0.717) is 5.56 Å². The molecule has 9 nitrogen and oxygen atoms in total. The number of rotatable bonds is 5. The lowest BCUT2D eigenvalue weighted by Gasteiger charge is -2.09. The lowest BCUT2D eigenvalue weighted by atomic mass is 10.1. The summed E-state index contributed by atoms with van der Waals surface area (Å²) < 4.78 is 4.88. The standard InChI is InChI=1S/C10H11N7O2/c11-4-6-3-7(8(5-12)9(13)16-6)10(18)19-2-1-15-17-14/h3H,1-2,5,12H2,(H2,13,16). The van der Waals surface area contributed by atoms with Crippen LogP contribution in [0.2, 0.25) is 0 Å². The molecule has 1 rings (SSSR count). The van der Waals surface area contributed by atoms with Crippen molar-refractivity contribution < 1.29 is 9.53 Å². The number of nitrogen functional groups attached to an aromatic ring is 1. The van der Waals surface area contributed by atoms with Crippen molar-refractivity contribution in [2.24, 2.45) is 10.8 Å². The van der Waals surface area contributed by atoms with Crippen LogP contribution in [0.3, 0.4) is 0 Å². The average Bonchev–Trinajstić information content (AvgIpc) is 2.42. The molecule has 0 radical (unpaired) electrons. The number of azide groups is 1. The van der Waals surface area contributed by atoms with Crippen molar-refractivity contribution in [3.05, 3.63) is 33.3 Å². The van der Waals surface area contributed by atoms with Crippen LogP contribution in [0.5, 0.6) is 0 Å². The fraction of sp³-hybridized carbons (Fsp3) is 0.300. The number of nitriles is 1. The summed E-state index contributed by atoms with van der Waals surface area (Å²) in [5, 5.41) is 12.0. The zero-order valence-electron chi connectivity index (χ0n) is 9.91. The fourth-order valence-electron chi connectivity index (χ4n) is 1.35. The van der Waals surface area contributed by atoms with Crippen LogP contribution in [0.25, 0.3) is 10.4 Å².